The smallest absolute Gasteiger partial charge is 0.244 e. The summed E-state index contributed by atoms with van der Waals surface area (Å²) in [5, 5.41) is 27.1. The van der Waals surface area contributed by atoms with Crippen LogP contribution < -0.4 is 4.72 Å². The van der Waals surface area contributed by atoms with Crippen LogP contribution in [-0.2, 0) is 10.0 Å². The molecule has 0 spiro atoms. The van der Waals surface area contributed by atoms with Gasteiger partial charge in [-0.2, -0.15) is 4.72 Å². The van der Waals surface area contributed by atoms with Crippen LogP contribution >= 0.6 is 11.6 Å². The highest BCUT2D eigenvalue weighted by Gasteiger charge is 2.34. The van der Waals surface area contributed by atoms with E-state index in [4.69, 9.17) is 26.9 Å². The monoisotopic (exact) mass is 313 g/mol. The van der Waals surface area contributed by atoms with Crippen LogP contribution in [0.15, 0.2) is 23.1 Å². The first-order valence-electron chi connectivity index (χ1n) is 5.12. The molecule has 0 aliphatic heterocycles. The molecule has 0 saturated heterocycles. The van der Waals surface area contributed by atoms with Crippen molar-refractivity contribution in [3.8, 4) is 0 Å². The lowest BCUT2D eigenvalue weighted by Gasteiger charge is -2.28. The fraction of sp³-hybridized carbons (Fsp3) is 0.400. The Balaban J connectivity index is 3.17. The first-order valence-corrected chi connectivity index (χ1v) is 6.98. The van der Waals surface area contributed by atoms with Gasteiger partial charge in [-0.15, -0.1) is 0 Å². The van der Waals surface area contributed by atoms with Gasteiger partial charge in [0.2, 0.25) is 10.0 Å². The molecule has 0 saturated carbocycles. The van der Waals surface area contributed by atoms with Crippen molar-refractivity contribution in [3.63, 3.8) is 0 Å². The molecule has 0 fully saturated rings. The van der Waals surface area contributed by atoms with Gasteiger partial charge in [-0.3, -0.25) is 0 Å². The van der Waals surface area contributed by atoms with E-state index < -0.39 is 46.1 Å². The van der Waals surface area contributed by atoms with Crippen molar-refractivity contribution in [3.05, 3.63) is 29.0 Å². The second kappa shape index (κ2) is 6.12. The number of benzene rings is 1. The molecule has 1 aromatic rings. The molecule has 19 heavy (non-hydrogen) atoms. The van der Waals surface area contributed by atoms with Crippen LogP contribution in [0.3, 0.4) is 0 Å². The van der Waals surface area contributed by atoms with Gasteiger partial charge in [0.15, 0.2) is 0 Å². The van der Waals surface area contributed by atoms with Crippen LogP contribution in [0.5, 0.6) is 0 Å². The Morgan fingerprint density at radius 3 is 2.16 bits per heavy atom. The number of halogens is 2. The molecule has 1 rings (SSSR count). The maximum Gasteiger partial charge on any atom is 0.244 e. The van der Waals surface area contributed by atoms with E-state index in [1.54, 1.807) is 0 Å². The summed E-state index contributed by atoms with van der Waals surface area (Å²) in [5.41, 5.74) is -1.87. The van der Waals surface area contributed by atoms with Gasteiger partial charge in [-0.25, -0.2) is 12.8 Å². The molecular formula is C10H13ClFNO5S. The van der Waals surface area contributed by atoms with Gasteiger partial charge in [-0.1, -0.05) is 11.6 Å². The minimum atomic E-state index is -4.37. The van der Waals surface area contributed by atoms with Crippen molar-refractivity contribution in [1.29, 1.82) is 0 Å². The Hall–Kier alpha value is -0.770. The third-order valence-corrected chi connectivity index (χ3v) is 4.29. The van der Waals surface area contributed by atoms with Crippen molar-refractivity contribution in [2.24, 2.45) is 0 Å². The number of hydrogen-bond donors (Lipinski definition) is 4. The van der Waals surface area contributed by atoms with Crippen molar-refractivity contribution in [2.75, 3.05) is 19.8 Å². The van der Waals surface area contributed by atoms with Gasteiger partial charge in [-0.05, 0) is 18.2 Å². The summed E-state index contributed by atoms with van der Waals surface area (Å²) >= 11 is 5.51. The quantitative estimate of drug-likeness (QED) is 0.565. The highest BCUT2D eigenvalue weighted by molar-refractivity contribution is 7.89. The van der Waals surface area contributed by atoms with Crippen LogP contribution in [0.4, 0.5) is 4.39 Å². The Morgan fingerprint density at radius 2 is 1.74 bits per heavy atom. The molecule has 6 nitrogen and oxygen atoms in total. The second-order valence-corrected chi connectivity index (χ2v) is 6.02. The van der Waals surface area contributed by atoms with E-state index >= 15 is 0 Å². The first kappa shape index (κ1) is 16.3. The Labute approximate surface area is 114 Å². The summed E-state index contributed by atoms with van der Waals surface area (Å²) < 4.78 is 39.3. The summed E-state index contributed by atoms with van der Waals surface area (Å²) in [6.45, 7) is -2.56. The van der Waals surface area contributed by atoms with E-state index in [9.17, 15) is 12.8 Å². The highest BCUT2D eigenvalue weighted by atomic mass is 35.5. The predicted molar refractivity (Wildman–Crippen MR) is 65.7 cm³/mol. The molecular weight excluding hydrogens is 301 g/mol. The van der Waals surface area contributed by atoms with Gasteiger partial charge in [0.1, 0.15) is 16.3 Å². The van der Waals surface area contributed by atoms with Gasteiger partial charge >= 0.3 is 0 Å². The molecule has 0 aliphatic carbocycles. The molecule has 0 unspecified atom stereocenters. The minimum Gasteiger partial charge on any atom is -0.394 e. The van der Waals surface area contributed by atoms with E-state index in [-0.39, 0.29) is 5.02 Å². The van der Waals surface area contributed by atoms with Gasteiger partial charge < -0.3 is 15.3 Å². The fourth-order valence-electron chi connectivity index (χ4n) is 1.28. The molecule has 4 N–H and O–H groups in total. The maximum atomic E-state index is 13.5. The largest absolute Gasteiger partial charge is 0.394 e. The highest BCUT2D eigenvalue weighted by Crippen LogP contribution is 2.20. The zero-order valence-electron chi connectivity index (χ0n) is 9.68. The SMILES string of the molecule is O=S(=O)(NC(CO)(CO)CO)c1ccc(Cl)cc1F. The molecule has 0 amide bonds. The first-order chi connectivity index (χ1) is 8.80. The van der Waals surface area contributed by atoms with Crippen LogP contribution in [0.25, 0.3) is 0 Å². The Kier molecular flexibility index (Phi) is 5.25. The molecule has 0 atom stereocenters. The fourth-order valence-corrected chi connectivity index (χ4v) is 2.88. The van der Waals surface area contributed by atoms with Crippen LogP contribution in [-0.4, -0.2) is 49.1 Å². The van der Waals surface area contributed by atoms with Crippen molar-refractivity contribution in [1.82, 2.24) is 4.72 Å². The van der Waals surface area contributed by atoms with E-state index in [0.29, 0.717) is 0 Å². The number of nitrogens with one attached hydrogen (secondary N) is 1. The molecule has 1 aromatic carbocycles. The number of aliphatic hydroxyl groups excluding tert-OH is 3. The number of rotatable bonds is 6. The number of sulfonamides is 1. The molecule has 0 aromatic heterocycles. The van der Waals surface area contributed by atoms with Crippen LogP contribution in [0.1, 0.15) is 0 Å². The minimum absolute atomic E-state index is 0.0224. The number of aliphatic hydroxyl groups is 3. The summed E-state index contributed by atoms with van der Waals surface area (Å²) in [6, 6.07) is 2.93. The lowest BCUT2D eigenvalue weighted by Crippen LogP contribution is -2.56. The van der Waals surface area contributed by atoms with E-state index in [1.807, 2.05) is 4.72 Å². The average Bonchev–Trinajstić information content (AvgIpc) is 2.35. The van der Waals surface area contributed by atoms with Gasteiger partial charge in [0.05, 0.1) is 19.8 Å². The average molecular weight is 314 g/mol. The summed E-state index contributed by atoms with van der Waals surface area (Å²) in [6.07, 6.45) is 0. The second-order valence-electron chi connectivity index (χ2n) is 3.93. The van der Waals surface area contributed by atoms with Crippen molar-refractivity contribution in [2.45, 2.75) is 10.4 Å². The van der Waals surface area contributed by atoms with Crippen molar-refractivity contribution >= 4 is 21.6 Å². The predicted octanol–water partition coefficient (Wildman–Crippen LogP) is -0.527. The standard InChI is InChI=1S/C10H13ClFNO5S/c11-7-1-2-9(8(12)3-7)19(17,18)13-10(4-14,5-15)6-16/h1-3,13-16H,4-6H2. The van der Waals surface area contributed by atoms with Gasteiger partial charge in [0, 0.05) is 5.02 Å². The van der Waals surface area contributed by atoms with Crippen LogP contribution in [0, 0.1) is 5.82 Å². The topological polar surface area (TPSA) is 107 Å². The number of hydrogen-bond acceptors (Lipinski definition) is 5. The maximum absolute atomic E-state index is 13.5. The zero-order chi connectivity index (χ0) is 14.7. The third-order valence-electron chi connectivity index (χ3n) is 2.44. The molecule has 0 radical (unpaired) electrons. The van der Waals surface area contributed by atoms with Crippen LogP contribution in [0.2, 0.25) is 5.02 Å². The van der Waals surface area contributed by atoms with E-state index in [1.165, 1.54) is 6.07 Å². The van der Waals surface area contributed by atoms with Gasteiger partial charge in [0.25, 0.3) is 0 Å². The van der Waals surface area contributed by atoms with Crippen molar-refractivity contribution < 1.29 is 28.1 Å². The molecule has 0 heterocycles. The normalized spacial score (nSPS) is 12.7. The Morgan fingerprint density at radius 1 is 1.21 bits per heavy atom. The molecule has 108 valence electrons. The van der Waals surface area contributed by atoms with E-state index in [2.05, 4.69) is 0 Å². The lowest BCUT2D eigenvalue weighted by atomic mass is 10.1. The molecule has 9 heteroatoms. The summed E-state index contributed by atoms with van der Waals surface area (Å²) in [7, 11) is -4.37. The molecule has 0 bridgehead atoms. The summed E-state index contributed by atoms with van der Waals surface area (Å²) in [4.78, 5) is -0.698. The zero-order valence-corrected chi connectivity index (χ0v) is 11.2. The lowest BCUT2D eigenvalue weighted by molar-refractivity contribution is 0.0581. The Bertz CT molecular complexity index is 539. The van der Waals surface area contributed by atoms with E-state index in [0.717, 1.165) is 12.1 Å². The summed E-state index contributed by atoms with van der Waals surface area (Å²) in [5.74, 6) is -1.08. The third kappa shape index (κ3) is 3.62. The molecule has 0 aliphatic rings.